The molecular formula is C23H35N5O3. The number of nitrogens with one attached hydrogen (secondary N) is 2. The van der Waals surface area contributed by atoms with Gasteiger partial charge in [0.05, 0.1) is 19.1 Å². The SMILES string of the molecule is CCc1ccccc1NC(=O)CN1CCN(C(=O)CN2CCNC(=O)C2C(C)C)CC1. The van der Waals surface area contributed by atoms with Crippen LogP contribution in [0.1, 0.15) is 26.3 Å². The number of para-hydroxylation sites is 1. The van der Waals surface area contributed by atoms with Crippen molar-refractivity contribution in [2.45, 2.75) is 33.2 Å². The number of anilines is 1. The molecule has 0 saturated carbocycles. The number of rotatable bonds is 7. The predicted molar refractivity (Wildman–Crippen MR) is 121 cm³/mol. The van der Waals surface area contributed by atoms with E-state index in [4.69, 9.17) is 0 Å². The summed E-state index contributed by atoms with van der Waals surface area (Å²) < 4.78 is 0. The van der Waals surface area contributed by atoms with Gasteiger partial charge in [-0.2, -0.15) is 0 Å². The third-order valence-electron chi connectivity index (χ3n) is 6.09. The summed E-state index contributed by atoms with van der Waals surface area (Å²) in [6.45, 7) is 10.5. The lowest BCUT2D eigenvalue weighted by molar-refractivity contribution is -0.138. The van der Waals surface area contributed by atoms with Crippen LogP contribution in [0.2, 0.25) is 0 Å². The molecule has 8 nitrogen and oxygen atoms in total. The molecule has 31 heavy (non-hydrogen) atoms. The number of piperazine rings is 2. The van der Waals surface area contributed by atoms with Gasteiger partial charge in [0, 0.05) is 45.0 Å². The lowest BCUT2D eigenvalue weighted by Gasteiger charge is -2.39. The molecule has 1 unspecified atom stereocenters. The van der Waals surface area contributed by atoms with Gasteiger partial charge < -0.3 is 15.5 Å². The maximum atomic E-state index is 12.8. The van der Waals surface area contributed by atoms with Crippen LogP contribution in [0.3, 0.4) is 0 Å². The van der Waals surface area contributed by atoms with Gasteiger partial charge >= 0.3 is 0 Å². The minimum Gasteiger partial charge on any atom is -0.353 e. The molecule has 3 rings (SSSR count). The second kappa shape index (κ2) is 10.7. The minimum absolute atomic E-state index is 0.00882. The van der Waals surface area contributed by atoms with Gasteiger partial charge in [-0.1, -0.05) is 39.0 Å². The first-order valence-electron chi connectivity index (χ1n) is 11.3. The molecule has 2 saturated heterocycles. The van der Waals surface area contributed by atoms with E-state index in [1.165, 1.54) is 0 Å². The molecule has 0 aliphatic carbocycles. The molecule has 3 amide bonds. The number of aryl methyl sites for hydroxylation is 1. The van der Waals surface area contributed by atoms with Gasteiger partial charge in [-0.15, -0.1) is 0 Å². The normalized spacial score (nSPS) is 20.6. The largest absolute Gasteiger partial charge is 0.353 e. The predicted octanol–water partition coefficient (Wildman–Crippen LogP) is 0.788. The zero-order valence-electron chi connectivity index (χ0n) is 18.9. The number of carbonyl (C=O) groups excluding carboxylic acids is 3. The van der Waals surface area contributed by atoms with Gasteiger partial charge in [-0.05, 0) is 24.0 Å². The average Bonchev–Trinajstić information content (AvgIpc) is 2.74. The average molecular weight is 430 g/mol. The van der Waals surface area contributed by atoms with Crippen LogP contribution in [-0.2, 0) is 20.8 Å². The van der Waals surface area contributed by atoms with Crippen LogP contribution in [0.5, 0.6) is 0 Å². The standard InChI is InChI=1S/C23H35N5O3/c1-4-18-7-5-6-8-19(18)25-20(29)15-26-11-13-27(14-12-26)21(30)16-28-10-9-24-23(31)22(28)17(2)3/h5-8,17,22H,4,9-16H2,1-3H3,(H,24,31)(H,25,29). The van der Waals surface area contributed by atoms with Gasteiger partial charge in [0.25, 0.3) is 0 Å². The summed E-state index contributed by atoms with van der Waals surface area (Å²) in [7, 11) is 0. The van der Waals surface area contributed by atoms with E-state index < -0.39 is 0 Å². The monoisotopic (exact) mass is 429 g/mol. The molecule has 2 aliphatic heterocycles. The smallest absolute Gasteiger partial charge is 0.238 e. The van der Waals surface area contributed by atoms with Gasteiger partial charge in [0.15, 0.2) is 0 Å². The molecule has 2 aliphatic rings. The Kier molecular flexibility index (Phi) is 8.03. The fourth-order valence-corrected chi connectivity index (χ4v) is 4.41. The van der Waals surface area contributed by atoms with Crippen molar-refractivity contribution in [2.24, 2.45) is 5.92 Å². The Morgan fingerprint density at radius 3 is 2.48 bits per heavy atom. The summed E-state index contributed by atoms with van der Waals surface area (Å²) >= 11 is 0. The van der Waals surface area contributed by atoms with Gasteiger partial charge in [-0.3, -0.25) is 24.2 Å². The number of hydrogen-bond donors (Lipinski definition) is 2. The lowest BCUT2D eigenvalue weighted by Crippen LogP contribution is -2.60. The number of amides is 3. The zero-order chi connectivity index (χ0) is 22.4. The van der Waals surface area contributed by atoms with Crippen LogP contribution in [0.25, 0.3) is 0 Å². The lowest BCUT2D eigenvalue weighted by atomic mass is 9.99. The molecule has 2 heterocycles. The van der Waals surface area contributed by atoms with Crippen LogP contribution in [0.15, 0.2) is 24.3 Å². The summed E-state index contributed by atoms with van der Waals surface area (Å²) in [5.74, 6) is 0.192. The van der Waals surface area contributed by atoms with Crippen molar-refractivity contribution in [3.05, 3.63) is 29.8 Å². The Morgan fingerprint density at radius 2 is 1.81 bits per heavy atom. The van der Waals surface area contributed by atoms with Crippen molar-refractivity contribution >= 4 is 23.4 Å². The Bertz CT molecular complexity index is 789. The summed E-state index contributed by atoms with van der Waals surface area (Å²) in [5.41, 5.74) is 1.99. The fraction of sp³-hybridized carbons (Fsp3) is 0.609. The first-order chi connectivity index (χ1) is 14.9. The van der Waals surface area contributed by atoms with Crippen molar-refractivity contribution in [3.8, 4) is 0 Å². The van der Waals surface area contributed by atoms with Gasteiger partial charge in [0.1, 0.15) is 0 Å². The highest BCUT2D eigenvalue weighted by Gasteiger charge is 2.34. The molecule has 0 aromatic heterocycles. The third kappa shape index (κ3) is 6.04. The Balaban J connectivity index is 1.46. The third-order valence-corrected chi connectivity index (χ3v) is 6.09. The van der Waals surface area contributed by atoms with E-state index in [2.05, 4.69) is 22.5 Å². The van der Waals surface area contributed by atoms with E-state index >= 15 is 0 Å². The molecule has 8 heteroatoms. The zero-order valence-corrected chi connectivity index (χ0v) is 18.9. The molecule has 2 fully saturated rings. The molecule has 0 spiro atoms. The molecule has 2 N–H and O–H groups in total. The highest BCUT2D eigenvalue weighted by molar-refractivity contribution is 5.93. The van der Waals surface area contributed by atoms with E-state index in [1.807, 2.05) is 47.9 Å². The van der Waals surface area contributed by atoms with E-state index in [-0.39, 0.29) is 36.2 Å². The van der Waals surface area contributed by atoms with E-state index in [0.29, 0.717) is 45.8 Å². The van der Waals surface area contributed by atoms with Crippen LogP contribution in [0.4, 0.5) is 5.69 Å². The number of carbonyl (C=O) groups is 3. The van der Waals surface area contributed by atoms with Crippen molar-refractivity contribution < 1.29 is 14.4 Å². The number of hydrogen-bond acceptors (Lipinski definition) is 5. The second-order valence-corrected chi connectivity index (χ2v) is 8.67. The van der Waals surface area contributed by atoms with Crippen molar-refractivity contribution in [3.63, 3.8) is 0 Å². The van der Waals surface area contributed by atoms with E-state index in [1.54, 1.807) is 0 Å². The summed E-state index contributed by atoms with van der Waals surface area (Å²) in [4.78, 5) is 43.4. The van der Waals surface area contributed by atoms with Gasteiger partial charge in [0.2, 0.25) is 17.7 Å². The van der Waals surface area contributed by atoms with Crippen LogP contribution in [-0.4, -0.2) is 90.8 Å². The topological polar surface area (TPSA) is 85.0 Å². The van der Waals surface area contributed by atoms with Crippen molar-refractivity contribution in [1.29, 1.82) is 0 Å². The molecule has 0 radical (unpaired) electrons. The van der Waals surface area contributed by atoms with Crippen LogP contribution >= 0.6 is 0 Å². The molecule has 1 aromatic carbocycles. The highest BCUT2D eigenvalue weighted by Crippen LogP contribution is 2.16. The number of nitrogens with zero attached hydrogens (tertiary/aromatic N) is 3. The molecule has 170 valence electrons. The molecule has 0 bridgehead atoms. The summed E-state index contributed by atoms with van der Waals surface area (Å²) in [6.07, 6.45) is 0.869. The Hall–Kier alpha value is -2.45. The molecule has 1 atom stereocenters. The highest BCUT2D eigenvalue weighted by atomic mass is 16.2. The molecule has 1 aromatic rings. The van der Waals surface area contributed by atoms with Crippen LogP contribution < -0.4 is 10.6 Å². The minimum atomic E-state index is -0.256. The Morgan fingerprint density at radius 1 is 1.10 bits per heavy atom. The van der Waals surface area contributed by atoms with Crippen molar-refractivity contribution in [2.75, 3.05) is 57.7 Å². The van der Waals surface area contributed by atoms with E-state index in [9.17, 15) is 14.4 Å². The first kappa shape index (κ1) is 23.2. The quantitative estimate of drug-likeness (QED) is 0.669. The van der Waals surface area contributed by atoms with E-state index in [0.717, 1.165) is 17.7 Å². The van der Waals surface area contributed by atoms with Crippen molar-refractivity contribution in [1.82, 2.24) is 20.0 Å². The fourth-order valence-electron chi connectivity index (χ4n) is 4.41. The second-order valence-electron chi connectivity index (χ2n) is 8.67. The maximum absolute atomic E-state index is 12.8. The number of benzene rings is 1. The first-order valence-corrected chi connectivity index (χ1v) is 11.3. The molecular weight excluding hydrogens is 394 g/mol. The van der Waals surface area contributed by atoms with Gasteiger partial charge in [-0.25, -0.2) is 0 Å². The summed E-state index contributed by atoms with van der Waals surface area (Å²) in [6, 6.07) is 7.60. The maximum Gasteiger partial charge on any atom is 0.238 e. The Labute approximate surface area is 184 Å². The summed E-state index contributed by atoms with van der Waals surface area (Å²) in [5, 5.41) is 5.91. The van der Waals surface area contributed by atoms with Crippen LogP contribution in [0, 0.1) is 5.92 Å².